The van der Waals surface area contributed by atoms with Crippen LogP contribution in [0.15, 0.2) is 36.4 Å². The van der Waals surface area contributed by atoms with Gasteiger partial charge in [-0.1, -0.05) is 29.8 Å². The van der Waals surface area contributed by atoms with Crippen molar-refractivity contribution in [2.75, 3.05) is 6.61 Å². The van der Waals surface area contributed by atoms with Gasteiger partial charge < -0.3 is 9.84 Å². The zero-order valence-corrected chi connectivity index (χ0v) is 10.8. The lowest BCUT2D eigenvalue weighted by Gasteiger charge is -2.15. The molecule has 1 atom stereocenters. The number of hydrogen-bond donors (Lipinski definition) is 1. The summed E-state index contributed by atoms with van der Waals surface area (Å²) in [5.74, 6) is 0.182. The summed E-state index contributed by atoms with van der Waals surface area (Å²) in [4.78, 5) is 0. The Kier molecular flexibility index (Phi) is 3.17. The predicted octanol–water partition coefficient (Wildman–Crippen LogP) is 3.50. The molecule has 0 aromatic heterocycles. The van der Waals surface area contributed by atoms with Crippen molar-refractivity contribution in [3.8, 4) is 5.75 Å². The lowest BCUT2D eigenvalue weighted by atomic mass is 9.98. The monoisotopic (exact) mass is 278 g/mol. The van der Waals surface area contributed by atoms with Gasteiger partial charge in [0, 0.05) is 22.6 Å². The van der Waals surface area contributed by atoms with Crippen LogP contribution in [0, 0.1) is 5.82 Å². The number of aliphatic hydroxyl groups excluding tert-OH is 1. The summed E-state index contributed by atoms with van der Waals surface area (Å²) in [5, 5.41) is 10.8. The van der Waals surface area contributed by atoms with Gasteiger partial charge in [0.25, 0.3) is 0 Å². The first-order valence-corrected chi connectivity index (χ1v) is 6.42. The number of benzene rings is 2. The highest BCUT2D eigenvalue weighted by Crippen LogP contribution is 2.37. The lowest BCUT2D eigenvalue weighted by molar-refractivity contribution is 0.208. The van der Waals surface area contributed by atoms with Crippen LogP contribution < -0.4 is 4.74 Å². The highest BCUT2D eigenvalue weighted by atomic mass is 35.5. The molecule has 1 unspecified atom stereocenters. The molecule has 1 heterocycles. The lowest BCUT2D eigenvalue weighted by Crippen LogP contribution is -2.04. The third-order valence-electron chi connectivity index (χ3n) is 3.29. The average molecular weight is 279 g/mol. The summed E-state index contributed by atoms with van der Waals surface area (Å²) < 4.78 is 19.3. The fourth-order valence-corrected chi connectivity index (χ4v) is 2.53. The van der Waals surface area contributed by atoms with Crippen molar-refractivity contribution >= 4 is 11.6 Å². The first-order chi connectivity index (χ1) is 9.16. The Morgan fingerprint density at radius 1 is 1.21 bits per heavy atom. The van der Waals surface area contributed by atoms with Gasteiger partial charge in [0.15, 0.2) is 0 Å². The maximum absolute atomic E-state index is 13.8. The van der Waals surface area contributed by atoms with Crippen molar-refractivity contribution in [3.63, 3.8) is 0 Å². The zero-order chi connectivity index (χ0) is 13.4. The van der Waals surface area contributed by atoms with E-state index < -0.39 is 11.9 Å². The fourth-order valence-electron chi connectivity index (χ4n) is 2.35. The molecule has 1 aliphatic rings. The van der Waals surface area contributed by atoms with E-state index in [1.807, 2.05) is 12.1 Å². The molecule has 0 radical (unpaired) electrons. The van der Waals surface area contributed by atoms with Crippen LogP contribution in [-0.2, 0) is 6.42 Å². The molecule has 1 aliphatic heterocycles. The Morgan fingerprint density at radius 3 is 2.89 bits per heavy atom. The second kappa shape index (κ2) is 4.83. The van der Waals surface area contributed by atoms with Crippen LogP contribution in [0.3, 0.4) is 0 Å². The van der Waals surface area contributed by atoms with Gasteiger partial charge in [-0.25, -0.2) is 4.39 Å². The van der Waals surface area contributed by atoms with Gasteiger partial charge in [-0.15, -0.1) is 0 Å². The van der Waals surface area contributed by atoms with Gasteiger partial charge in [0.2, 0.25) is 0 Å². The first-order valence-electron chi connectivity index (χ1n) is 6.04. The van der Waals surface area contributed by atoms with Gasteiger partial charge in [-0.2, -0.15) is 0 Å². The van der Waals surface area contributed by atoms with Gasteiger partial charge in [-0.3, -0.25) is 0 Å². The molecule has 0 spiro atoms. The first kappa shape index (κ1) is 12.5. The minimum absolute atomic E-state index is 0.163. The zero-order valence-electron chi connectivity index (χ0n) is 10.1. The molecule has 0 fully saturated rings. The standard InChI is InChI=1S/C15H12ClFO2/c16-10-4-5-13(17)12(8-10)14(18)11-3-1-2-9-6-7-19-15(9)11/h1-5,8,14,18H,6-7H2. The highest BCUT2D eigenvalue weighted by Gasteiger charge is 2.23. The Bertz CT molecular complexity index is 628. The molecule has 2 aromatic carbocycles. The van der Waals surface area contributed by atoms with E-state index in [0.29, 0.717) is 22.9 Å². The van der Waals surface area contributed by atoms with Crippen LogP contribution in [0.2, 0.25) is 5.02 Å². The molecule has 2 nitrogen and oxygen atoms in total. The van der Waals surface area contributed by atoms with E-state index in [4.69, 9.17) is 16.3 Å². The number of para-hydroxylation sites is 1. The molecule has 0 amide bonds. The second-order valence-corrected chi connectivity index (χ2v) is 4.94. The van der Waals surface area contributed by atoms with E-state index in [1.165, 1.54) is 18.2 Å². The summed E-state index contributed by atoms with van der Waals surface area (Å²) in [6.07, 6.45) is -0.264. The van der Waals surface area contributed by atoms with Crippen molar-refractivity contribution in [1.82, 2.24) is 0 Å². The maximum atomic E-state index is 13.8. The van der Waals surface area contributed by atoms with Crippen molar-refractivity contribution in [3.05, 3.63) is 63.9 Å². The van der Waals surface area contributed by atoms with Gasteiger partial charge in [-0.05, 0) is 23.8 Å². The van der Waals surface area contributed by atoms with E-state index in [1.54, 1.807) is 6.07 Å². The molecule has 19 heavy (non-hydrogen) atoms. The molecule has 0 aliphatic carbocycles. The largest absolute Gasteiger partial charge is 0.493 e. The number of ether oxygens (including phenoxy) is 1. The number of fused-ring (bicyclic) bond motifs is 1. The Balaban J connectivity index is 2.07. The van der Waals surface area contributed by atoms with Crippen LogP contribution in [-0.4, -0.2) is 11.7 Å². The molecular formula is C15H12ClFO2. The maximum Gasteiger partial charge on any atom is 0.129 e. The second-order valence-electron chi connectivity index (χ2n) is 4.50. The third kappa shape index (κ3) is 2.20. The Labute approximate surface area is 115 Å². The Morgan fingerprint density at radius 2 is 2.05 bits per heavy atom. The third-order valence-corrected chi connectivity index (χ3v) is 3.53. The van der Waals surface area contributed by atoms with E-state index in [9.17, 15) is 9.50 Å². The van der Waals surface area contributed by atoms with E-state index in [-0.39, 0.29) is 5.56 Å². The smallest absolute Gasteiger partial charge is 0.129 e. The van der Waals surface area contributed by atoms with Crippen LogP contribution in [0.25, 0.3) is 0 Å². The van der Waals surface area contributed by atoms with Crippen molar-refractivity contribution in [2.24, 2.45) is 0 Å². The highest BCUT2D eigenvalue weighted by molar-refractivity contribution is 6.30. The van der Waals surface area contributed by atoms with Crippen LogP contribution in [0.5, 0.6) is 5.75 Å². The van der Waals surface area contributed by atoms with Crippen LogP contribution in [0.1, 0.15) is 22.8 Å². The minimum Gasteiger partial charge on any atom is -0.493 e. The van der Waals surface area contributed by atoms with Crippen molar-refractivity contribution in [1.29, 1.82) is 0 Å². The fraction of sp³-hybridized carbons (Fsp3) is 0.200. The van der Waals surface area contributed by atoms with E-state index in [2.05, 4.69) is 0 Å². The van der Waals surface area contributed by atoms with Gasteiger partial charge >= 0.3 is 0 Å². The molecule has 4 heteroatoms. The van der Waals surface area contributed by atoms with Crippen LogP contribution >= 0.6 is 11.6 Å². The van der Waals surface area contributed by atoms with Crippen LogP contribution in [0.4, 0.5) is 4.39 Å². The van der Waals surface area contributed by atoms with Gasteiger partial charge in [0.05, 0.1) is 6.61 Å². The molecule has 98 valence electrons. The normalized spacial score (nSPS) is 14.9. The molecule has 1 N–H and O–H groups in total. The molecule has 0 saturated heterocycles. The summed E-state index contributed by atoms with van der Waals surface area (Å²) in [6, 6.07) is 9.69. The molecule has 0 bridgehead atoms. The summed E-state index contributed by atoms with van der Waals surface area (Å²) in [5.41, 5.74) is 1.78. The SMILES string of the molecule is OC(c1cc(Cl)ccc1F)c1cccc2c1OCC2. The molecule has 0 saturated carbocycles. The molecule has 3 rings (SSSR count). The summed E-state index contributed by atoms with van der Waals surface area (Å²) in [6.45, 7) is 0.594. The number of rotatable bonds is 2. The topological polar surface area (TPSA) is 29.5 Å². The van der Waals surface area contributed by atoms with Crippen molar-refractivity contribution in [2.45, 2.75) is 12.5 Å². The van der Waals surface area contributed by atoms with Gasteiger partial charge in [0.1, 0.15) is 17.7 Å². The summed E-state index contributed by atoms with van der Waals surface area (Å²) >= 11 is 5.86. The average Bonchev–Trinajstić information content (AvgIpc) is 2.89. The Hall–Kier alpha value is -1.58. The predicted molar refractivity (Wildman–Crippen MR) is 71.1 cm³/mol. The quantitative estimate of drug-likeness (QED) is 0.911. The van der Waals surface area contributed by atoms with E-state index >= 15 is 0 Å². The molecule has 2 aromatic rings. The number of aliphatic hydroxyl groups is 1. The van der Waals surface area contributed by atoms with Crippen molar-refractivity contribution < 1.29 is 14.2 Å². The molecular weight excluding hydrogens is 267 g/mol. The number of hydrogen-bond acceptors (Lipinski definition) is 2. The van der Waals surface area contributed by atoms with E-state index in [0.717, 1.165) is 12.0 Å². The number of halogens is 2. The summed E-state index contributed by atoms with van der Waals surface area (Å²) in [7, 11) is 0. The minimum atomic E-state index is -1.08.